The Kier molecular flexibility index (Phi) is 48.1. The summed E-state index contributed by atoms with van der Waals surface area (Å²) < 4.78 is 16.7. The van der Waals surface area contributed by atoms with Crippen molar-refractivity contribution >= 4 is 11.9 Å². The van der Waals surface area contributed by atoms with E-state index in [1.54, 1.807) is 6.08 Å². The normalized spacial score (nSPS) is 19.2. The third-order valence-corrected chi connectivity index (χ3v) is 14.2. The zero-order valence-electron chi connectivity index (χ0n) is 46.4. The number of hydrogen-bond donors (Lipinski definition) is 6. The van der Waals surface area contributed by atoms with Gasteiger partial charge in [-0.05, 0) is 57.8 Å². The van der Waals surface area contributed by atoms with E-state index in [0.717, 1.165) is 83.5 Å². The van der Waals surface area contributed by atoms with Crippen LogP contribution in [0, 0.1) is 0 Å². The van der Waals surface area contributed by atoms with Crippen LogP contribution in [0.15, 0.2) is 36.5 Å². The molecule has 1 aliphatic heterocycles. The first-order valence-corrected chi connectivity index (χ1v) is 30.3. The first-order valence-electron chi connectivity index (χ1n) is 30.3. The van der Waals surface area contributed by atoms with Crippen LogP contribution in [-0.4, -0.2) is 100 Å². The molecule has 72 heavy (non-hydrogen) atoms. The Morgan fingerprint density at radius 2 is 0.903 bits per heavy atom. The quantitative estimate of drug-likeness (QED) is 0.0195. The number of ether oxygens (including phenoxy) is 3. The van der Waals surface area contributed by atoms with Gasteiger partial charge in [0.15, 0.2) is 6.29 Å². The molecule has 1 aliphatic rings. The highest BCUT2D eigenvalue weighted by atomic mass is 16.7. The van der Waals surface area contributed by atoms with E-state index in [4.69, 9.17) is 14.2 Å². The second kappa shape index (κ2) is 51.0. The topological polar surface area (TPSA) is 175 Å². The summed E-state index contributed by atoms with van der Waals surface area (Å²) in [5.74, 6) is -0.210. The number of hydrogen-bond acceptors (Lipinski definition) is 10. The van der Waals surface area contributed by atoms with Crippen LogP contribution < -0.4 is 5.32 Å². The van der Waals surface area contributed by atoms with Crippen molar-refractivity contribution in [3.8, 4) is 0 Å². The molecule has 6 N–H and O–H groups in total. The fourth-order valence-corrected chi connectivity index (χ4v) is 9.41. The molecule has 1 fully saturated rings. The number of amides is 1. The van der Waals surface area contributed by atoms with Crippen molar-refractivity contribution < 1.29 is 49.3 Å². The van der Waals surface area contributed by atoms with Gasteiger partial charge < -0.3 is 45.1 Å². The highest BCUT2D eigenvalue weighted by Crippen LogP contribution is 2.23. The number of unbranched alkanes of at least 4 members (excludes halogenated alkanes) is 34. The van der Waals surface area contributed by atoms with Crippen LogP contribution in [0.1, 0.15) is 277 Å². The van der Waals surface area contributed by atoms with Crippen molar-refractivity contribution in [3.05, 3.63) is 36.5 Å². The second-order valence-corrected chi connectivity index (χ2v) is 21.0. The van der Waals surface area contributed by atoms with Crippen LogP contribution in [0.4, 0.5) is 0 Å². The summed E-state index contributed by atoms with van der Waals surface area (Å²) in [6.07, 6.45) is 52.3. The number of carbonyl (C=O) groups is 2. The lowest BCUT2D eigenvalue weighted by Crippen LogP contribution is -2.60. The molecule has 1 rings (SSSR count). The predicted octanol–water partition coefficient (Wildman–Crippen LogP) is 13.9. The standard InChI is InChI=1S/C61H113NO10/c1-3-5-7-9-11-13-15-16-21-24-28-31-35-39-43-47-54(64)53(52-71-61-60(69)59(68)58(67)55(51-63)72-61)62-56(65)48-44-40-36-32-29-25-22-19-17-18-20-23-26-30-34-38-42-46-50-70-57(66)49-45-41-37-33-27-14-12-10-8-6-4-2/h15-16,28,31,43,47,53-55,58-61,63-64,67-69H,3-14,17-27,29-30,32-42,44-46,48-52H2,1-2H3,(H,62,65)/b16-15+,31-28+,47-43+. The lowest BCUT2D eigenvalue weighted by Gasteiger charge is -2.40. The summed E-state index contributed by atoms with van der Waals surface area (Å²) in [5.41, 5.74) is 0. The van der Waals surface area contributed by atoms with E-state index in [1.165, 1.54) is 167 Å². The van der Waals surface area contributed by atoms with Gasteiger partial charge in [-0.1, -0.05) is 243 Å². The maximum absolute atomic E-state index is 13.0. The molecule has 11 nitrogen and oxygen atoms in total. The van der Waals surface area contributed by atoms with Gasteiger partial charge in [0.25, 0.3) is 0 Å². The first kappa shape index (κ1) is 67.9. The average Bonchev–Trinajstić information content (AvgIpc) is 3.38. The summed E-state index contributed by atoms with van der Waals surface area (Å²) in [6, 6.07) is -0.838. The molecule has 0 aromatic carbocycles. The van der Waals surface area contributed by atoms with Gasteiger partial charge in [0.05, 0.1) is 32.0 Å². The maximum Gasteiger partial charge on any atom is 0.305 e. The Balaban J connectivity index is 2.13. The largest absolute Gasteiger partial charge is 0.466 e. The van der Waals surface area contributed by atoms with Crippen LogP contribution in [-0.2, 0) is 23.8 Å². The van der Waals surface area contributed by atoms with E-state index >= 15 is 0 Å². The minimum Gasteiger partial charge on any atom is -0.466 e. The molecular formula is C61H113NO10. The van der Waals surface area contributed by atoms with E-state index in [-0.39, 0.29) is 18.5 Å². The van der Waals surface area contributed by atoms with Crippen LogP contribution in [0.3, 0.4) is 0 Å². The molecule has 0 spiro atoms. The van der Waals surface area contributed by atoms with E-state index in [0.29, 0.717) is 19.4 Å². The number of aliphatic hydroxyl groups is 5. The molecule has 0 saturated carbocycles. The van der Waals surface area contributed by atoms with Crippen LogP contribution in [0.25, 0.3) is 0 Å². The van der Waals surface area contributed by atoms with Gasteiger partial charge in [0.2, 0.25) is 5.91 Å². The number of rotatable bonds is 52. The van der Waals surface area contributed by atoms with Gasteiger partial charge in [-0.2, -0.15) is 0 Å². The number of aliphatic hydroxyl groups excluding tert-OH is 5. The van der Waals surface area contributed by atoms with E-state index in [9.17, 15) is 35.1 Å². The maximum atomic E-state index is 13.0. The minimum atomic E-state index is -1.58. The van der Waals surface area contributed by atoms with E-state index < -0.39 is 49.5 Å². The lowest BCUT2D eigenvalue weighted by molar-refractivity contribution is -0.302. The van der Waals surface area contributed by atoms with Crippen molar-refractivity contribution in [3.63, 3.8) is 0 Å². The van der Waals surface area contributed by atoms with Crippen LogP contribution in [0.5, 0.6) is 0 Å². The third kappa shape index (κ3) is 40.2. The molecule has 0 aromatic heterocycles. The van der Waals surface area contributed by atoms with Gasteiger partial charge in [0.1, 0.15) is 24.4 Å². The van der Waals surface area contributed by atoms with Gasteiger partial charge in [-0.15, -0.1) is 0 Å². The molecular weight excluding hydrogens is 907 g/mol. The van der Waals surface area contributed by atoms with Crippen molar-refractivity contribution in [1.82, 2.24) is 5.32 Å². The molecule has 11 heteroatoms. The monoisotopic (exact) mass is 1020 g/mol. The van der Waals surface area contributed by atoms with Crippen molar-refractivity contribution in [1.29, 1.82) is 0 Å². The van der Waals surface area contributed by atoms with Crippen LogP contribution in [0.2, 0.25) is 0 Å². The number of carbonyl (C=O) groups excluding carboxylic acids is 2. The molecule has 422 valence electrons. The van der Waals surface area contributed by atoms with Gasteiger partial charge in [-0.25, -0.2) is 0 Å². The summed E-state index contributed by atoms with van der Waals surface area (Å²) >= 11 is 0. The zero-order chi connectivity index (χ0) is 52.4. The summed E-state index contributed by atoms with van der Waals surface area (Å²) in [7, 11) is 0. The summed E-state index contributed by atoms with van der Waals surface area (Å²) in [5, 5.41) is 54.4. The number of allylic oxidation sites excluding steroid dienone is 5. The number of esters is 1. The fraction of sp³-hybridized carbons (Fsp3) is 0.869. The SMILES string of the molecule is CCCCCCC/C=C/CC/C=C/CC/C=C/C(O)C(COC1OC(CO)C(O)C(O)C1O)NC(=O)CCCCCCCCCCCCCCCCCCCCOC(=O)CCCCCCCCCCCCC. The molecule has 0 radical (unpaired) electrons. The molecule has 1 saturated heterocycles. The highest BCUT2D eigenvalue weighted by Gasteiger charge is 2.44. The average molecular weight is 1020 g/mol. The van der Waals surface area contributed by atoms with Gasteiger partial charge in [-0.3, -0.25) is 9.59 Å². The Morgan fingerprint density at radius 1 is 0.500 bits per heavy atom. The van der Waals surface area contributed by atoms with Gasteiger partial charge >= 0.3 is 5.97 Å². The predicted molar refractivity (Wildman–Crippen MR) is 297 cm³/mol. The number of nitrogens with one attached hydrogen (secondary N) is 1. The zero-order valence-corrected chi connectivity index (χ0v) is 46.4. The molecule has 7 atom stereocenters. The summed E-state index contributed by atoms with van der Waals surface area (Å²) in [6.45, 7) is 4.30. The Bertz CT molecular complexity index is 1290. The lowest BCUT2D eigenvalue weighted by atomic mass is 9.99. The molecule has 0 aliphatic carbocycles. The molecule has 0 aromatic rings. The molecule has 1 amide bonds. The van der Waals surface area contributed by atoms with Crippen molar-refractivity contribution in [2.75, 3.05) is 19.8 Å². The Labute approximate surface area is 441 Å². The molecule has 0 bridgehead atoms. The van der Waals surface area contributed by atoms with Crippen molar-refractivity contribution in [2.24, 2.45) is 0 Å². The van der Waals surface area contributed by atoms with Gasteiger partial charge in [0, 0.05) is 12.8 Å². The minimum absolute atomic E-state index is 0.00985. The highest BCUT2D eigenvalue weighted by molar-refractivity contribution is 5.76. The van der Waals surface area contributed by atoms with E-state index in [1.807, 2.05) is 6.08 Å². The smallest absolute Gasteiger partial charge is 0.305 e. The first-order chi connectivity index (χ1) is 35.2. The van der Waals surface area contributed by atoms with Crippen LogP contribution >= 0.6 is 0 Å². The van der Waals surface area contributed by atoms with E-state index in [2.05, 4.69) is 43.5 Å². The third-order valence-electron chi connectivity index (χ3n) is 14.2. The molecule has 1 heterocycles. The summed E-state index contributed by atoms with van der Waals surface area (Å²) in [4.78, 5) is 25.1. The Morgan fingerprint density at radius 3 is 1.38 bits per heavy atom. The molecule has 7 unspecified atom stereocenters. The fourth-order valence-electron chi connectivity index (χ4n) is 9.41. The Hall–Kier alpha value is -2.12. The van der Waals surface area contributed by atoms with Crippen molar-refractivity contribution in [2.45, 2.75) is 320 Å². The second-order valence-electron chi connectivity index (χ2n) is 21.0.